The van der Waals surface area contributed by atoms with Crippen molar-refractivity contribution in [3.8, 4) is 0 Å². The second-order valence-electron chi connectivity index (χ2n) is 4.64. The highest BCUT2D eigenvalue weighted by Crippen LogP contribution is 2.06. The second kappa shape index (κ2) is 9.09. The second-order valence-corrected chi connectivity index (χ2v) is 4.64. The average molecular weight is 251 g/mol. The molecular weight excluding hydrogens is 226 g/mol. The fraction of sp³-hybridized carbons (Fsp3) is 0.600. The van der Waals surface area contributed by atoms with Gasteiger partial charge in [0.25, 0.3) is 0 Å². The normalized spacial score (nSPS) is 11.1. The monoisotopic (exact) mass is 251 g/mol. The minimum Gasteiger partial charge on any atom is -0.376 e. The molecule has 0 heterocycles. The van der Waals surface area contributed by atoms with Gasteiger partial charge in [0.1, 0.15) is 0 Å². The molecule has 0 atom stereocenters. The lowest BCUT2D eigenvalue weighted by Gasteiger charge is -2.08. The van der Waals surface area contributed by atoms with Crippen LogP contribution in [0.3, 0.4) is 0 Å². The van der Waals surface area contributed by atoms with Gasteiger partial charge >= 0.3 is 0 Å². The molecule has 0 aromatic heterocycles. The maximum Gasteiger partial charge on any atom is 0.0718 e. The minimum absolute atomic E-state index is 0.278. The van der Waals surface area contributed by atoms with E-state index in [1.165, 1.54) is 11.1 Å². The average Bonchev–Trinajstić information content (AvgIpc) is 2.37. The van der Waals surface area contributed by atoms with E-state index in [-0.39, 0.29) is 6.10 Å². The molecule has 0 amide bonds. The van der Waals surface area contributed by atoms with Crippen molar-refractivity contribution in [1.82, 2.24) is 5.32 Å². The molecule has 0 bridgehead atoms. The van der Waals surface area contributed by atoms with Crippen LogP contribution in [0, 0.1) is 0 Å². The Hall–Kier alpha value is -0.900. The van der Waals surface area contributed by atoms with Gasteiger partial charge in [-0.3, -0.25) is 0 Å². The molecule has 3 heteroatoms. The van der Waals surface area contributed by atoms with Crippen molar-refractivity contribution >= 4 is 0 Å². The Balaban J connectivity index is 2.18. The third-order valence-electron chi connectivity index (χ3n) is 2.63. The third-order valence-corrected chi connectivity index (χ3v) is 2.63. The van der Waals surface area contributed by atoms with Crippen molar-refractivity contribution in [3.63, 3.8) is 0 Å². The van der Waals surface area contributed by atoms with Crippen molar-refractivity contribution in [2.24, 2.45) is 0 Å². The van der Waals surface area contributed by atoms with Gasteiger partial charge in [-0.2, -0.15) is 0 Å². The van der Waals surface area contributed by atoms with Crippen LogP contribution in [0.15, 0.2) is 24.3 Å². The number of rotatable bonds is 9. The molecular formula is C15H25NO2. The SMILES string of the molecule is CNCCc1ccc(COCCOC(C)C)cc1. The van der Waals surface area contributed by atoms with Crippen LogP contribution in [-0.2, 0) is 22.5 Å². The molecule has 18 heavy (non-hydrogen) atoms. The lowest BCUT2D eigenvalue weighted by atomic mass is 10.1. The highest BCUT2D eigenvalue weighted by molar-refractivity contribution is 5.22. The van der Waals surface area contributed by atoms with E-state index in [4.69, 9.17) is 9.47 Å². The fourth-order valence-corrected chi connectivity index (χ4v) is 1.60. The summed E-state index contributed by atoms with van der Waals surface area (Å²) in [6.45, 7) is 7.06. The molecule has 1 rings (SSSR count). The van der Waals surface area contributed by atoms with E-state index in [1.54, 1.807) is 0 Å². The number of benzene rings is 1. The van der Waals surface area contributed by atoms with Gasteiger partial charge in [0.2, 0.25) is 0 Å². The van der Waals surface area contributed by atoms with E-state index in [9.17, 15) is 0 Å². The highest BCUT2D eigenvalue weighted by Gasteiger charge is 1.97. The lowest BCUT2D eigenvalue weighted by Crippen LogP contribution is -2.10. The summed E-state index contributed by atoms with van der Waals surface area (Å²) in [4.78, 5) is 0. The first kappa shape index (κ1) is 15.2. The smallest absolute Gasteiger partial charge is 0.0718 e. The summed E-state index contributed by atoms with van der Waals surface area (Å²) in [7, 11) is 1.97. The van der Waals surface area contributed by atoms with Crippen LogP contribution >= 0.6 is 0 Å². The van der Waals surface area contributed by atoms with Crippen LogP contribution in [0.4, 0.5) is 0 Å². The van der Waals surface area contributed by atoms with E-state index in [1.807, 2.05) is 20.9 Å². The van der Waals surface area contributed by atoms with Crippen LogP contribution in [0.5, 0.6) is 0 Å². The Morgan fingerprint density at radius 1 is 1.06 bits per heavy atom. The van der Waals surface area contributed by atoms with Crippen LogP contribution in [0.25, 0.3) is 0 Å². The molecule has 1 aromatic carbocycles. The highest BCUT2D eigenvalue weighted by atomic mass is 16.5. The zero-order valence-corrected chi connectivity index (χ0v) is 11.7. The third kappa shape index (κ3) is 6.74. The lowest BCUT2D eigenvalue weighted by molar-refractivity contribution is 0.0143. The molecule has 0 unspecified atom stereocenters. The summed E-state index contributed by atoms with van der Waals surface area (Å²) in [6.07, 6.45) is 1.35. The van der Waals surface area contributed by atoms with Crippen LogP contribution in [-0.4, -0.2) is 32.9 Å². The van der Waals surface area contributed by atoms with Crippen molar-refractivity contribution in [1.29, 1.82) is 0 Å². The van der Waals surface area contributed by atoms with Crippen LogP contribution in [0.1, 0.15) is 25.0 Å². The van der Waals surface area contributed by atoms with Gasteiger partial charge in [-0.05, 0) is 45.0 Å². The van der Waals surface area contributed by atoms with Gasteiger partial charge in [0.05, 0.1) is 25.9 Å². The summed E-state index contributed by atoms with van der Waals surface area (Å²) in [6, 6.07) is 8.60. The maximum absolute atomic E-state index is 5.55. The molecule has 1 N–H and O–H groups in total. The van der Waals surface area contributed by atoms with Crippen molar-refractivity contribution in [3.05, 3.63) is 35.4 Å². The Morgan fingerprint density at radius 3 is 2.33 bits per heavy atom. The van der Waals surface area contributed by atoms with Gasteiger partial charge in [0.15, 0.2) is 0 Å². The summed E-state index contributed by atoms with van der Waals surface area (Å²) in [5, 5.41) is 3.15. The van der Waals surface area contributed by atoms with Crippen LogP contribution in [0.2, 0.25) is 0 Å². The minimum atomic E-state index is 0.278. The number of hydrogen-bond donors (Lipinski definition) is 1. The van der Waals surface area contributed by atoms with Gasteiger partial charge < -0.3 is 14.8 Å². The van der Waals surface area contributed by atoms with Gasteiger partial charge in [0, 0.05) is 0 Å². The largest absolute Gasteiger partial charge is 0.376 e. The molecule has 0 radical (unpaired) electrons. The first-order valence-electron chi connectivity index (χ1n) is 6.64. The fourth-order valence-electron chi connectivity index (χ4n) is 1.60. The zero-order chi connectivity index (χ0) is 13.2. The molecule has 3 nitrogen and oxygen atoms in total. The first-order valence-corrected chi connectivity index (χ1v) is 6.64. The number of likely N-dealkylation sites (N-methyl/N-ethyl adjacent to an activating group) is 1. The zero-order valence-electron chi connectivity index (χ0n) is 11.7. The molecule has 0 aliphatic heterocycles. The molecule has 0 fully saturated rings. The molecule has 102 valence electrons. The van der Waals surface area contributed by atoms with E-state index in [2.05, 4.69) is 29.6 Å². The summed E-state index contributed by atoms with van der Waals surface area (Å²) in [5.41, 5.74) is 2.57. The van der Waals surface area contributed by atoms with E-state index in [0.29, 0.717) is 19.8 Å². The Labute approximate surface area is 110 Å². The first-order chi connectivity index (χ1) is 8.72. The predicted molar refractivity (Wildman–Crippen MR) is 74.8 cm³/mol. The molecule has 0 saturated heterocycles. The Morgan fingerprint density at radius 2 is 1.72 bits per heavy atom. The number of hydrogen-bond acceptors (Lipinski definition) is 3. The van der Waals surface area contributed by atoms with Gasteiger partial charge in [-0.1, -0.05) is 24.3 Å². The van der Waals surface area contributed by atoms with Gasteiger partial charge in [-0.15, -0.1) is 0 Å². The van der Waals surface area contributed by atoms with E-state index in [0.717, 1.165) is 13.0 Å². The van der Waals surface area contributed by atoms with E-state index >= 15 is 0 Å². The summed E-state index contributed by atoms with van der Waals surface area (Å²) in [5.74, 6) is 0. The molecule has 0 spiro atoms. The Bertz CT molecular complexity index is 309. The maximum atomic E-state index is 5.55. The summed E-state index contributed by atoms with van der Waals surface area (Å²) >= 11 is 0. The molecule has 0 saturated carbocycles. The molecule has 0 aliphatic carbocycles. The van der Waals surface area contributed by atoms with Crippen molar-refractivity contribution < 1.29 is 9.47 Å². The number of ether oxygens (including phenoxy) is 2. The number of nitrogens with one attached hydrogen (secondary N) is 1. The predicted octanol–water partition coefficient (Wildman–Crippen LogP) is 2.39. The Kier molecular flexibility index (Phi) is 7.65. The van der Waals surface area contributed by atoms with Gasteiger partial charge in [-0.25, -0.2) is 0 Å². The molecule has 1 aromatic rings. The van der Waals surface area contributed by atoms with Crippen LogP contribution < -0.4 is 5.32 Å². The summed E-state index contributed by atoms with van der Waals surface area (Å²) < 4.78 is 11.0. The van der Waals surface area contributed by atoms with Crippen molar-refractivity contribution in [2.45, 2.75) is 33.0 Å². The quantitative estimate of drug-likeness (QED) is 0.684. The van der Waals surface area contributed by atoms with Crippen molar-refractivity contribution in [2.75, 3.05) is 26.8 Å². The standard InChI is InChI=1S/C15H25NO2/c1-13(2)18-11-10-17-12-15-6-4-14(5-7-15)8-9-16-3/h4-7,13,16H,8-12H2,1-3H3. The van der Waals surface area contributed by atoms with E-state index < -0.39 is 0 Å². The topological polar surface area (TPSA) is 30.5 Å². The molecule has 0 aliphatic rings.